The van der Waals surface area contributed by atoms with Crippen LogP contribution < -0.4 is 14.8 Å². The van der Waals surface area contributed by atoms with Crippen molar-refractivity contribution in [3.8, 4) is 11.5 Å². The molecule has 0 aliphatic carbocycles. The molecule has 1 rings (SSSR count). The van der Waals surface area contributed by atoms with Gasteiger partial charge in [0.05, 0.1) is 13.7 Å². The molecule has 1 aromatic rings. The lowest BCUT2D eigenvalue weighted by Gasteiger charge is -2.16. The first-order valence-corrected chi connectivity index (χ1v) is 7.33. The monoisotopic (exact) mass is 295 g/mol. The van der Waals surface area contributed by atoms with E-state index in [4.69, 9.17) is 9.47 Å². The molecule has 21 heavy (non-hydrogen) atoms. The van der Waals surface area contributed by atoms with Crippen LogP contribution in [0.5, 0.6) is 11.5 Å². The Labute approximate surface area is 126 Å². The van der Waals surface area contributed by atoms with Crippen molar-refractivity contribution >= 4 is 5.97 Å². The normalized spacial score (nSPS) is 11.8. The number of hydrogen-bond acceptors (Lipinski definition) is 5. The van der Waals surface area contributed by atoms with Crippen LogP contribution in [0.4, 0.5) is 0 Å². The minimum absolute atomic E-state index is 0.411. The molecule has 5 heteroatoms. The fourth-order valence-corrected chi connectivity index (χ4v) is 1.84. The number of carbonyl (C=O) groups excluding carboxylic acids is 1. The van der Waals surface area contributed by atoms with Crippen LogP contribution in [0.1, 0.15) is 32.8 Å². The van der Waals surface area contributed by atoms with Crippen LogP contribution in [0.3, 0.4) is 0 Å². The number of esters is 1. The summed E-state index contributed by atoms with van der Waals surface area (Å²) in [5.74, 6) is 0.782. The summed E-state index contributed by atoms with van der Waals surface area (Å²) in [5, 5.41) is 3.34. The molecule has 0 fully saturated rings. The van der Waals surface area contributed by atoms with Gasteiger partial charge in [-0.25, -0.2) is 4.79 Å². The van der Waals surface area contributed by atoms with E-state index >= 15 is 0 Å². The predicted molar refractivity (Wildman–Crippen MR) is 81.7 cm³/mol. The van der Waals surface area contributed by atoms with E-state index in [1.54, 1.807) is 6.92 Å². The number of methoxy groups -OCH3 is 1. The van der Waals surface area contributed by atoms with Gasteiger partial charge >= 0.3 is 5.97 Å². The van der Waals surface area contributed by atoms with Crippen molar-refractivity contribution in [1.29, 1.82) is 0 Å². The van der Waals surface area contributed by atoms with Crippen LogP contribution in [-0.2, 0) is 16.1 Å². The third kappa shape index (κ3) is 5.63. The molecule has 0 aromatic heterocycles. The van der Waals surface area contributed by atoms with Gasteiger partial charge in [-0.2, -0.15) is 0 Å². The van der Waals surface area contributed by atoms with E-state index in [1.807, 2.05) is 25.1 Å². The van der Waals surface area contributed by atoms with Gasteiger partial charge in [-0.05, 0) is 44.5 Å². The molecular weight excluding hydrogens is 270 g/mol. The highest BCUT2D eigenvalue weighted by Crippen LogP contribution is 2.29. The highest BCUT2D eigenvalue weighted by Gasteiger charge is 2.17. The van der Waals surface area contributed by atoms with Gasteiger partial charge in [0.2, 0.25) is 0 Å². The Morgan fingerprint density at radius 1 is 1.29 bits per heavy atom. The fourth-order valence-electron chi connectivity index (χ4n) is 1.84. The Morgan fingerprint density at radius 2 is 2.05 bits per heavy atom. The minimum Gasteiger partial charge on any atom is -0.490 e. The highest BCUT2D eigenvalue weighted by atomic mass is 16.6. The van der Waals surface area contributed by atoms with Gasteiger partial charge < -0.3 is 19.5 Å². The molecule has 1 aromatic carbocycles. The summed E-state index contributed by atoms with van der Waals surface area (Å²) in [4.78, 5) is 11.4. The van der Waals surface area contributed by atoms with Crippen molar-refractivity contribution in [2.45, 2.75) is 39.8 Å². The molecule has 1 unspecified atom stereocenters. The van der Waals surface area contributed by atoms with E-state index in [1.165, 1.54) is 7.11 Å². The van der Waals surface area contributed by atoms with E-state index < -0.39 is 12.1 Å². The molecule has 0 bridgehead atoms. The molecule has 1 atom stereocenters. The SMILES string of the molecule is CCCNCc1ccc(OC(C)C(=O)OC)c(OCC)c1. The summed E-state index contributed by atoms with van der Waals surface area (Å²) in [7, 11) is 1.34. The molecule has 0 saturated carbocycles. The van der Waals surface area contributed by atoms with Gasteiger partial charge in [-0.1, -0.05) is 13.0 Å². The highest BCUT2D eigenvalue weighted by molar-refractivity contribution is 5.74. The average Bonchev–Trinajstić information content (AvgIpc) is 2.49. The molecule has 0 radical (unpaired) electrons. The van der Waals surface area contributed by atoms with Gasteiger partial charge in [0.25, 0.3) is 0 Å². The zero-order valence-corrected chi connectivity index (χ0v) is 13.3. The Kier molecular flexibility index (Phi) is 7.61. The predicted octanol–water partition coefficient (Wildman–Crippen LogP) is 2.53. The second-order valence-corrected chi connectivity index (χ2v) is 4.67. The van der Waals surface area contributed by atoms with Gasteiger partial charge in [0, 0.05) is 6.54 Å². The van der Waals surface area contributed by atoms with E-state index in [-0.39, 0.29) is 0 Å². The summed E-state index contributed by atoms with van der Waals surface area (Å²) in [5.41, 5.74) is 1.12. The number of nitrogens with one attached hydrogen (secondary N) is 1. The first-order chi connectivity index (χ1) is 10.1. The lowest BCUT2D eigenvalue weighted by atomic mass is 10.2. The number of rotatable bonds is 9. The van der Waals surface area contributed by atoms with Gasteiger partial charge in [-0.15, -0.1) is 0 Å². The maximum atomic E-state index is 11.4. The molecule has 118 valence electrons. The average molecular weight is 295 g/mol. The van der Waals surface area contributed by atoms with E-state index in [0.717, 1.165) is 25.1 Å². The maximum absolute atomic E-state index is 11.4. The second kappa shape index (κ2) is 9.23. The Balaban J connectivity index is 2.80. The Bertz CT molecular complexity index is 448. The van der Waals surface area contributed by atoms with Crippen molar-refractivity contribution in [3.05, 3.63) is 23.8 Å². The van der Waals surface area contributed by atoms with Gasteiger partial charge in [0.15, 0.2) is 17.6 Å². The standard InChI is InChI=1S/C16H25NO4/c1-5-9-17-11-13-7-8-14(15(10-13)20-6-2)21-12(3)16(18)19-4/h7-8,10,12,17H,5-6,9,11H2,1-4H3. The van der Waals surface area contributed by atoms with Crippen LogP contribution in [0.2, 0.25) is 0 Å². The minimum atomic E-state index is -0.668. The third-order valence-electron chi connectivity index (χ3n) is 2.90. The molecule has 5 nitrogen and oxygen atoms in total. The number of benzene rings is 1. The maximum Gasteiger partial charge on any atom is 0.346 e. The number of ether oxygens (including phenoxy) is 3. The fraction of sp³-hybridized carbons (Fsp3) is 0.562. The van der Waals surface area contributed by atoms with E-state index in [0.29, 0.717) is 18.1 Å². The molecule has 0 saturated heterocycles. The van der Waals surface area contributed by atoms with Crippen LogP contribution in [-0.4, -0.2) is 32.3 Å². The summed E-state index contributed by atoms with van der Waals surface area (Å²) < 4.78 is 15.9. The Hall–Kier alpha value is -1.75. The number of carbonyl (C=O) groups is 1. The van der Waals surface area contributed by atoms with Crippen LogP contribution in [0.25, 0.3) is 0 Å². The third-order valence-corrected chi connectivity index (χ3v) is 2.90. The largest absolute Gasteiger partial charge is 0.490 e. The van der Waals surface area contributed by atoms with Gasteiger partial charge in [0.1, 0.15) is 0 Å². The first kappa shape index (κ1) is 17.3. The zero-order valence-electron chi connectivity index (χ0n) is 13.3. The molecule has 0 aliphatic rings. The number of hydrogen-bond donors (Lipinski definition) is 1. The van der Waals surface area contributed by atoms with E-state index in [2.05, 4.69) is 17.0 Å². The van der Waals surface area contributed by atoms with E-state index in [9.17, 15) is 4.79 Å². The first-order valence-electron chi connectivity index (χ1n) is 7.33. The zero-order chi connectivity index (χ0) is 15.7. The molecule has 1 N–H and O–H groups in total. The topological polar surface area (TPSA) is 56.8 Å². The summed E-state index contributed by atoms with van der Waals surface area (Å²) in [6.07, 6.45) is 0.425. The summed E-state index contributed by atoms with van der Waals surface area (Å²) in [6, 6.07) is 5.73. The van der Waals surface area contributed by atoms with Crippen LogP contribution >= 0.6 is 0 Å². The van der Waals surface area contributed by atoms with Crippen molar-refractivity contribution in [2.75, 3.05) is 20.3 Å². The smallest absolute Gasteiger partial charge is 0.346 e. The van der Waals surface area contributed by atoms with Crippen LogP contribution in [0.15, 0.2) is 18.2 Å². The quantitative estimate of drug-likeness (QED) is 0.560. The van der Waals surface area contributed by atoms with Gasteiger partial charge in [-0.3, -0.25) is 0 Å². The van der Waals surface area contributed by atoms with Crippen molar-refractivity contribution in [1.82, 2.24) is 5.32 Å². The lowest BCUT2D eigenvalue weighted by Crippen LogP contribution is -2.25. The molecule has 0 amide bonds. The van der Waals surface area contributed by atoms with Crippen molar-refractivity contribution in [3.63, 3.8) is 0 Å². The molecule has 0 spiro atoms. The van der Waals surface area contributed by atoms with Crippen molar-refractivity contribution < 1.29 is 19.0 Å². The summed E-state index contributed by atoms with van der Waals surface area (Å²) in [6.45, 7) is 7.98. The molecule has 0 heterocycles. The second-order valence-electron chi connectivity index (χ2n) is 4.67. The molecular formula is C16H25NO4. The van der Waals surface area contributed by atoms with Crippen molar-refractivity contribution in [2.24, 2.45) is 0 Å². The summed E-state index contributed by atoms with van der Waals surface area (Å²) >= 11 is 0. The van der Waals surface area contributed by atoms with Crippen LogP contribution in [0, 0.1) is 0 Å². The lowest BCUT2D eigenvalue weighted by molar-refractivity contribution is -0.147. The Morgan fingerprint density at radius 3 is 2.67 bits per heavy atom. The molecule has 0 aliphatic heterocycles.